The second-order valence-electron chi connectivity index (χ2n) is 6.74. The number of aryl methyl sites for hydroxylation is 1. The molecule has 0 amide bonds. The van der Waals surface area contributed by atoms with Gasteiger partial charge in [-0.15, -0.1) is 11.8 Å². The van der Waals surface area contributed by atoms with Crippen LogP contribution in [0.3, 0.4) is 0 Å². The normalized spacial score (nSPS) is 30.2. The Bertz CT molecular complexity index is 912. The van der Waals surface area contributed by atoms with Gasteiger partial charge < -0.3 is 10.3 Å². The molecule has 3 unspecified atom stereocenters. The number of thioether (sulfide) groups is 2. The molecule has 1 saturated carbocycles. The summed E-state index contributed by atoms with van der Waals surface area (Å²) in [6.07, 6.45) is 3.25. The highest BCUT2D eigenvalue weighted by Gasteiger charge is 2.72. The smallest absolute Gasteiger partial charge is 0.233 e. The molecule has 5 rings (SSSR count). The Balaban J connectivity index is 0.00000157. The molecule has 0 radical (unpaired) electrons. The van der Waals surface area contributed by atoms with E-state index in [4.69, 9.17) is 15.2 Å². The van der Waals surface area contributed by atoms with Gasteiger partial charge in [0.05, 0.1) is 16.4 Å². The molecule has 126 valence electrons. The second kappa shape index (κ2) is 4.86. The Kier molecular flexibility index (Phi) is 3.04. The lowest BCUT2D eigenvalue weighted by molar-refractivity contribution is 0.370. The molecule has 4 heterocycles. The van der Waals surface area contributed by atoms with Crippen LogP contribution in [0.15, 0.2) is 15.6 Å². The molecular formula is C17H20N4OS2. The van der Waals surface area contributed by atoms with E-state index >= 15 is 0 Å². The number of allylic oxidation sites excluding steroid dienone is 1. The molecule has 1 aliphatic carbocycles. The second-order valence-corrected chi connectivity index (χ2v) is 9.01. The lowest BCUT2D eigenvalue weighted by atomic mass is 9.96. The van der Waals surface area contributed by atoms with Gasteiger partial charge in [-0.3, -0.25) is 0 Å². The van der Waals surface area contributed by atoms with Crippen LogP contribution in [0, 0.1) is 20.8 Å². The first-order valence-corrected chi connectivity index (χ1v) is 9.99. The number of fused-ring (bicyclic) bond motifs is 3. The molecule has 3 atom stereocenters. The molecule has 0 saturated heterocycles. The Morgan fingerprint density at radius 1 is 1.29 bits per heavy atom. The Labute approximate surface area is 150 Å². The maximum atomic E-state index is 6.81. The van der Waals surface area contributed by atoms with Gasteiger partial charge >= 0.3 is 0 Å². The third kappa shape index (κ3) is 1.80. The van der Waals surface area contributed by atoms with Crippen LogP contribution in [0.5, 0.6) is 0 Å². The summed E-state index contributed by atoms with van der Waals surface area (Å²) in [7, 11) is 0. The quantitative estimate of drug-likeness (QED) is 0.877. The van der Waals surface area contributed by atoms with Crippen molar-refractivity contribution in [3.63, 3.8) is 0 Å². The first-order chi connectivity index (χ1) is 11.5. The molecule has 24 heavy (non-hydrogen) atoms. The van der Waals surface area contributed by atoms with Crippen molar-refractivity contribution in [2.24, 2.45) is 5.73 Å². The van der Waals surface area contributed by atoms with Crippen LogP contribution in [0.2, 0.25) is 0 Å². The molecule has 2 aromatic heterocycles. The average Bonchev–Trinajstić information content (AvgIpc) is 3.08. The van der Waals surface area contributed by atoms with E-state index in [1.54, 1.807) is 23.5 Å². The largest absolute Gasteiger partial charge is 0.339 e. The van der Waals surface area contributed by atoms with Crippen LogP contribution in [0.25, 0.3) is 4.91 Å². The summed E-state index contributed by atoms with van der Waals surface area (Å²) in [6.45, 7) is 6.32. The van der Waals surface area contributed by atoms with Crippen LogP contribution in [0.4, 0.5) is 0 Å². The highest BCUT2D eigenvalue weighted by molar-refractivity contribution is 8.08. The van der Waals surface area contributed by atoms with Crippen molar-refractivity contribution in [3.8, 4) is 0 Å². The molecule has 2 aliphatic heterocycles. The first kappa shape index (κ1) is 15.0. The predicted octanol–water partition coefficient (Wildman–Crippen LogP) is 3.54. The molecule has 2 N–H and O–H groups in total. The number of nitrogens with two attached hydrogens (primary N) is 1. The van der Waals surface area contributed by atoms with Crippen molar-refractivity contribution in [3.05, 3.63) is 40.2 Å². The van der Waals surface area contributed by atoms with E-state index in [0.29, 0.717) is 11.7 Å². The third-order valence-corrected chi connectivity index (χ3v) is 7.98. The van der Waals surface area contributed by atoms with Gasteiger partial charge in [0.15, 0.2) is 0 Å². The molecular weight excluding hydrogens is 340 g/mol. The zero-order valence-electron chi connectivity index (χ0n) is 13.8. The van der Waals surface area contributed by atoms with E-state index in [0.717, 1.165) is 27.8 Å². The van der Waals surface area contributed by atoms with Crippen molar-refractivity contribution in [2.45, 2.75) is 48.9 Å². The Morgan fingerprint density at radius 3 is 2.88 bits per heavy atom. The minimum absolute atomic E-state index is 0. The summed E-state index contributed by atoms with van der Waals surface area (Å²) in [6, 6.07) is 0. The van der Waals surface area contributed by atoms with Gasteiger partial charge in [-0.05, 0) is 38.3 Å². The Hall–Kier alpha value is -1.31. The van der Waals surface area contributed by atoms with Gasteiger partial charge in [-0.25, -0.2) is 4.98 Å². The number of hydrogen-bond acceptors (Lipinski definition) is 7. The van der Waals surface area contributed by atoms with Crippen LogP contribution < -0.4 is 5.73 Å². The predicted molar refractivity (Wildman–Crippen MR) is 98.2 cm³/mol. The molecule has 0 aromatic carbocycles. The highest BCUT2D eigenvalue weighted by Crippen LogP contribution is 2.70. The summed E-state index contributed by atoms with van der Waals surface area (Å²) in [5, 5.41) is 5.50. The topological polar surface area (TPSA) is 77.8 Å². The molecule has 3 aliphatic rings. The maximum absolute atomic E-state index is 6.81. The minimum atomic E-state index is -0.420. The number of hydrogen-bond donors (Lipinski definition) is 1. The lowest BCUT2D eigenvalue weighted by Gasteiger charge is -2.17. The summed E-state index contributed by atoms with van der Waals surface area (Å²) >= 11 is 3.55. The molecule has 0 spiro atoms. The number of rotatable bonds is 2. The fraction of sp³-hybridized carbons (Fsp3) is 0.471. The van der Waals surface area contributed by atoms with Crippen molar-refractivity contribution < 1.29 is 5.95 Å². The van der Waals surface area contributed by atoms with Crippen molar-refractivity contribution in [1.29, 1.82) is 0 Å². The molecule has 0 bridgehead atoms. The van der Waals surface area contributed by atoms with Crippen molar-refractivity contribution in [1.82, 2.24) is 15.1 Å². The van der Waals surface area contributed by atoms with Gasteiger partial charge in [0.2, 0.25) is 11.7 Å². The molecule has 2 aromatic rings. The zero-order valence-corrected chi connectivity index (χ0v) is 15.4. The monoisotopic (exact) mass is 360 g/mol. The minimum Gasteiger partial charge on any atom is -0.339 e. The fourth-order valence-corrected chi connectivity index (χ4v) is 6.47. The highest BCUT2D eigenvalue weighted by atomic mass is 32.2. The zero-order chi connectivity index (χ0) is 16.6. The summed E-state index contributed by atoms with van der Waals surface area (Å²) < 4.78 is 5.58. The standard InChI is InChI=1S/C17H18N4OS2.H2/c1-7-8(2)11-16(19-9(7)3)24-13-12(17(11,13)18)15-20-14(21-22-15)10-5-4-6-23-10;/h5,12-13H,4,6,18H2,1-3H3;1H. The van der Waals surface area contributed by atoms with E-state index in [1.165, 1.54) is 16.7 Å². The molecule has 5 nitrogen and oxygen atoms in total. The third-order valence-electron chi connectivity index (χ3n) is 5.45. The Morgan fingerprint density at radius 2 is 2.12 bits per heavy atom. The number of aromatic nitrogens is 3. The average molecular weight is 361 g/mol. The van der Waals surface area contributed by atoms with E-state index < -0.39 is 5.54 Å². The van der Waals surface area contributed by atoms with Crippen LogP contribution in [-0.2, 0) is 5.54 Å². The van der Waals surface area contributed by atoms with Gasteiger partial charge in [-0.2, -0.15) is 4.98 Å². The lowest BCUT2D eigenvalue weighted by Crippen LogP contribution is -2.24. The number of pyridine rings is 1. The molecule has 1 fully saturated rings. The van der Waals surface area contributed by atoms with Crippen LogP contribution in [0.1, 0.15) is 47.9 Å². The maximum Gasteiger partial charge on any atom is 0.233 e. The van der Waals surface area contributed by atoms with E-state index in [1.807, 2.05) is 0 Å². The summed E-state index contributed by atoms with van der Waals surface area (Å²) in [5.41, 5.74) is 11.1. The van der Waals surface area contributed by atoms with E-state index in [9.17, 15) is 0 Å². The van der Waals surface area contributed by atoms with Gasteiger partial charge in [0.1, 0.15) is 5.03 Å². The van der Waals surface area contributed by atoms with Crippen molar-refractivity contribution >= 4 is 28.4 Å². The van der Waals surface area contributed by atoms with E-state index in [2.05, 4.69) is 37.0 Å². The van der Waals surface area contributed by atoms with Crippen LogP contribution >= 0.6 is 23.5 Å². The fourth-order valence-electron chi connectivity index (χ4n) is 3.83. The first-order valence-electron chi connectivity index (χ1n) is 8.12. The number of nitrogens with zero attached hydrogens (tertiary/aromatic N) is 3. The van der Waals surface area contributed by atoms with Crippen LogP contribution in [-0.4, -0.2) is 26.1 Å². The SMILES string of the molecule is Cc1nc2c(c(C)c1C)C1(N)C(S2)C1c1nc(C2=CCCS2)no1.[HH]. The van der Waals surface area contributed by atoms with Gasteiger partial charge in [0.25, 0.3) is 0 Å². The summed E-state index contributed by atoms with van der Waals surface area (Å²) in [5.74, 6) is 2.56. The van der Waals surface area contributed by atoms with Crippen molar-refractivity contribution in [2.75, 3.05) is 5.75 Å². The van der Waals surface area contributed by atoms with Gasteiger partial charge in [0, 0.05) is 23.7 Å². The van der Waals surface area contributed by atoms with E-state index in [-0.39, 0.29) is 12.6 Å². The molecule has 7 heteroatoms. The van der Waals surface area contributed by atoms with Gasteiger partial charge in [-0.1, -0.05) is 23.0 Å². The summed E-state index contributed by atoms with van der Waals surface area (Å²) in [4.78, 5) is 10.5.